The van der Waals surface area contributed by atoms with Gasteiger partial charge in [0.2, 0.25) is 5.78 Å². The third-order valence-electron chi connectivity index (χ3n) is 4.45. The second kappa shape index (κ2) is 6.14. The highest BCUT2D eigenvalue weighted by molar-refractivity contribution is 6.03. The summed E-state index contributed by atoms with van der Waals surface area (Å²) in [7, 11) is 1.56. The number of ketones is 1. The largest absolute Gasteiger partial charge is 0.494 e. The number of carbonyl (C=O) groups excluding carboxylic acids is 1. The summed E-state index contributed by atoms with van der Waals surface area (Å²) in [6.07, 6.45) is 5.07. The Bertz CT molecular complexity index is 501. The molecule has 1 fully saturated rings. The smallest absolute Gasteiger partial charge is 0.216 e. The van der Waals surface area contributed by atoms with Gasteiger partial charge in [-0.2, -0.15) is 0 Å². The Labute approximate surface area is 126 Å². The van der Waals surface area contributed by atoms with Crippen LogP contribution in [0.1, 0.15) is 56.9 Å². The van der Waals surface area contributed by atoms with E-state index in [1.807, 2.05) is 6.92 Å². The fraction of sp³-hybridized carbons (Fsp3) is 0.647. The van der Waals surface area contributed by atoms with Crippen molar-refractivity contribution in [1.82, 2.24) is 4.98 Å². The highest BCUT2D eigenvalue weighted by atomic mass is 16.5. The quantitative estimate of drug-likeness (QED) is 0.777. The molecule has 0 bridgehead atoms. The van der Waals surface area contributed by atoms with Crippen LogP contribution in [0.5, 0.6) is 5.75 Å². The summed E-state index contributed by atoms with van der Waals surface area (Å²) in [6, 6.07) is 3.54. The standard InChI is InChI=1S/C17H25NO3/c1-5-21-17(10-8-16(2,3)9-11-17)15(19)14-13(20-4)7-6-12-18-14/h6-7,12H,5,8-11H2,1-4H3. The monoisotopic (exact) mass is 291 g/mol. The first-order valence-corrected chi connectivity index (χ1v) is 7.62. The lowest BCUT2D eigenvalue weighted by molar-refractivity contribution is -0.0584. The number of carbonyl (C=O) groups is 1. The second-order valence-electron chi connectivity index (χ2n) is 6.47. The number of Topliss-reactive ketones (excluding diaryl/α,β-unsaturated/α-hetero) is 1. The first kappa shape index (κ1) is 16.0. The third-order valence-corrected chi connectivity index (χ3v) is 4.45. The van der Waals surface area contributed by atoms with E-state index in [0.717, 1.165) is 25.7 Å². The SMILES string of the molecule is CCOC1(C(=O)c2ncccc2OC)CCC(C)(C)CC1. The first-order valence-electron chi connectivity index (χ1n) is 7.62. The van der Waals surface area contributed by atoms with Gasteiger partial charge < -0.3 is 9.47 Å². The predicted octanol–water partition coefficient (Wildman–Crippen LogP) is 3.65. The molecule has 116 valence electrons. The van der Waals surface area contributed by atoms with Gasteiger partial charge in [0.1, 0.15) is 11.4 Å². The van der Waals surface area contributed by atoms with Crippen molar-refractivity contribution in [3.8, 4) is 5.75 Å². The lowest BCUT2D eigenvalue weighted by Gasteiger charge is -2.42. The van der Waals surface area contributed by atoms with E-state index >= 15 is 0 Å². The molecule has 0 atom stereocenters. The van der Waals surface area contributed by atoms with E-state index in [1.54, 1.807) is 25.4 Å². The van der Waals surface area contributed by atoms with Crippen LogP contribution < -0.4 is 4.74 Å². The minimum Gasteiger partial charge on any atom is -0.494 e. The Morgan fingerprint density at radius 1 is 1.29 bits per heavy atom. The molecular weight excluding hydrogens is 266 g/mol. The normalized spacial score (nSPS) is 20.0. The number of nitrogens with zero attached hydrogens (tertiary/aromatic N) is 1. The average Bonchev–Trinajstić information content (AvgIpc) is 2.49. The van der Waals surface area contributed by atoms with E-state index in [1.165, 1.54) is 0 Å². The summed E-state index contributed by atoms with van der Waals surface area (Å²) in [4.78, 5) is 17.3. The molecule has 0 radical (unpaired) electrons. The molecule has 1 heterocycles. The van der Waals surface area contributed by atoms with Gasteiger partial charge in [-0.15, -0.1) is 0 Å². The van der Waals surface area contributed by atoms with Crippen molar-refractivity contribution in [3.63, 3.8) is 0 Å². The Kier molecular flexibility index (Phi) is 4.67. The Morgan fingerprint density at radius 2 is 1.95 bits per heavy atom. The van der Waals surface area contributed by atoms with E-state index in [-0.39, 0.29) is 11.2 Å². The second-order valence-corrected chi connectivity index (χ2v) is 6.47. The number of ether oxygens (including phenoxy) is 2. The molecule has 21 heavy (non-hydrogen) atoms. The summed E-state index contributed by atoms with van der Waals surface area (Å²) in [5.74, 6) is 0.476. The minimum absolute atomic E-state index is 0.0442. The highest BCUT2D eigenvalue weighted by Crippen LogP contribution is 2.44. The molecule has 1 aliphatic carbocycles. The third kappa shape index (κ3) is 3.26. The highest BCUT2D eigenvalue weighted by Gasteiger charge is 2.46. The van der Waals surface area contributed by atoms with Gasteiger partial charge in [-0.1, -0.05) is 13.8 Å². The summed E-state index contributed by atoms with van der Waals surface area (Å²) in [5, 5.41) is 0. The number of pyridine rings is 1. The van der Waals surface area contributed by atoms with Crippen LogP contribution in [0.4, 0.5) is 0 Å². The Morgan fingerprint density at radius 3 is 2.52 bits per heavy atom. The predicted molar refractivity (Wildman–Crippen MR) is 81.7 cm³/mol. The number of hydrogen-bond donors (Lipinski definition) is 0. The van der Waals surface area contributed by atoms with Gasteiger partial charge in [0.25, 0.3) is 0 Å². The number of aromatic nitrogens is 1. The molecule has 1 aromatic rings. The summed E-state index contributed by atoms with van der Waals surface area (Å²) >= 11 is 0. The van der Waals surface area contributed by atoms with E-state index in [0.29, 0.717) is 18.1 Å². The van der Waals surface area contributed by atoms with Crippen molar-refractivity contribution < 1.29 is 14.3 Å². The lowest BCUT2D eigenvalue weighted by atomic mass is 9.69. The molecule has 0 amide bonds. The van der Waals surface area contributed by atoms with Crippen LogP contribution in [0.3, 0.4) is 0 Å². The Hall–Kier alpha value is -1.42. The average molecular weight is 291 g/mol. The van der Waals surface area contributed by atoms with E-state index in [2.05, 4.69) is 18.8 Å². The minimum atomic E-state index is -0.744. The van der Waals surface area contributed by atoms with Crippen molar-refractivity contribution in [1.29, 1.82) is 0 Å². The summed E-state index contributed by atoms with van der Waals surface area (Å²) in [5.41, 5.74) is -0.0887. The molecule has 0 aliphatic heterocycles. The van der Waals surface area contributed by atoms with Gasteiger partial charge in [0, 0.05) is 12.8 Å². The fourth-order valence-corrected chi connectivity index (χ4v) is 2.99. The molecule has 1 aromatic heterocycles. The Balaban J connectivity index is 2.32. The first-order chi connectivity index (χ1) is 9.94. The molecule has 4 heteroatoms. The van der Waals surface area contributed by atoms with Gasteiger partial charge in [-0.3, -0.25) is 4.79 Å². The van der Waals surface area contributed by atoms with Crippen LogP contribution in [0.25, 0.3) is 0 Å². The van der Waals surface area contributed by atoms with E-state index < -0.39 is 5.60 Å². The molecule has 4 nitrogen and oxygen atoms in total. The van der Waals surface area contributed by atoms with Gasteiger partial charge in [-0.05, 0) is 50.2 Å². The van der Waals surface area contributed by atoms with Crippen molar-refractivity contribution in [2.24, 2.45) is 5.41 Å². The number of rotatable bonds is 5. The number of methoxy groups -OCH3 is 1. The van der Waals surface area contributed by atoms with Gasteiger partial charge in [0.05, 0.1) is 7.11 Å². The van der Waals surface area contributed by atoms with E-state index in [4.69, 9.17) is 9.47 Å². The molecule has 0 saturated heterocycles. The zero-order chi connectivity index (χ0) is 15.5. The fourth-order valence-electron chi connectivity index (χ4n) is 2.99. The molecule has 0 unspecified atom stereocenters. The number of hydrogen-bond acceptors (Lipinski definition) is 4. The van der Waals surface area contributed by atoms with Crippen molar-refractivity contribution >= 4 is 5.78 Å². The van der Waals surface area contributed by atoms with Crippen LogP contribution in [-0.4, -0.2) is 30.1 Å². The maximum Gasteiger partial charge on any atom is 0.216 e. The van der Waals surface area contributed by atoms with Crippen LogP contribution in [0.2, 0.25) is 0 Å². The van der Waals surface area contributed by atoms with E-state index in [9.17, 15) is 4.79 Å². The maximum absolute atomic E-state index is 13.0. The van der Waals surface area contributed by atoms with Crippen LogP contribution >= 0.6 is 0 Å². The maximum atomic E-state index is 13.0. The van der Waals surface area contributed by atoms with Crippen molar-refractivity contribution in [2.75, 3.05) is 13.7 Å². The van der Waals surface area contributed by atoms with Gasteiger partial charge in [-0.25, -0.2) is 4.98 Å². The molecule has 0 aromatic carbocycles. The topological polar surface area (TPSA) is 48.4 Å². The van der Waals surface area contributed by atoms with Crippen molar-refractivity contribution in [3.05, 3.63) is 24.0 Å². The van der Waals surface area contributed by atoms with Gasteiger partial charge in [0.15, 0.2) is 5.69 Å². The molecule has 0 spiro atoms. The van der Waals surface area contributed by atoms with Gasteiger partial charge >= 0.3 is 0 Å². The van der Waals surface area contributed by atoms with Crippen LogP contribution in [0.15, 0.2) is 18.3 Å². The zero-order valence-electron chi connectivity index (χ0n) is 13.4. The van der Waals surface area contributed by atoms with Crippen LogP contribution in [0, 0.1) is 5.41 Å². The van der Waals surface area contributed by atoms with Crippen molar-refractivity contribution in [2.45, 2.75) is 52.1 Å². The zero-order valence-corrected chi connectivity index (χ0v) is 13.4. The lowest BCUT2D eigenvalue weighted by Crippen LogP contribution is -2.46. The summed E-state index contributed by atoms with van der Waals surface area (Å²) < 4.78 is 11.2. The molecule has 1 aliphatic rings. The summed E-state index contributed by atoms with van der Waals surface area (Å²) in [6.45, 7) is 6.95. The molecule has 2 rings (SSSR count). The molecule has 0 N–H and O–H groups in total. The van der Waals surface area contributed by atoms with Crippen LogP contribution in [-0.2, 0) is 4.74 Å². The molecule has 1 saturated carbocycles. The molecular formula is C17H25NO3.